The molecule has 4 rings (SSSR count). The highest BCUT2D eigenvalue weighted by molar-refractivity contribution is 7.79. The highest BCUT2D eigenvalue weighted by Crippen LogP contribution is 2.32. The molecule has 0 atom stereocenters. The maximum atomic E-state index is 12.3. The topological polar surface area (TPSA) is 136 Å². The van der Waals surface area contributed by atoms with Gasteiger partial charge >= 0.3 is 0 Å². The monoisotopic (exact) mass is 397 g/mol. The fourth-order valence-corrected chi connectivity index (χ4v) is 2.75. The molecule has 2 aromatic carbocycles. The Bertz CT molecular complexity index is 1120. The van der Waals surface area contributed by atoms with Crippen molar-refractivity contribution in [3.05, 3.63) is 72.3 Å². The predicted molar refractivity (Wildman–Crippen MR) is 102 cm³/mol. The van der Waals surface area contributed by atoms with Crippen molar-refractivity contribution in [2.24, 2.45) is 4.99 Å². The number of hydrogen-bond donors (Lipinski definition) is 2. The van der Waals surface area contributed by atoms with E-state index in [-0.39, 0.29) is 5.91 Å². The molecule has 0 saturated heterocycles. The summed E-state index contributed by atoms with van der Waals surface area (Å²) in [7, 11) is -4.92. The number of amides is 1. The van der Waals surface area contributed by atoms with E-state index in [2.05, 4.69) is 9.98 Å². The van der Waals surface area contributed by atoms with Gasteiger partial charge in [0.2, 0.25) is 16.2 Å². The molecule has 0 spiro atoms. The molecule has 142 valence electrons. The van der Waals surface area contributed by atoms with Crippen LogP contribution < -0.4 is 5.32 Å². The standard InChI is InChI=1S/C19H13N3O.H2O4S/c23-19-17-15(13-7-3-1-4-8-13)11-16(14-9-5-2-6-10-14)22-18(17)20-12-21-19;1-5(2,3)4/h1-12H,(H,20,21,22,23);(H2,1,2,3,4). The maximum Gasteiger partial charge on any atom is 0.290 e. The van der Waals surface area contributed by atoms with E-state index in [1.807, 2.05) is 66.7 Å². The van der Waals surface area contributed by atoms with Crippen molar-refractivity contribution in [1.82, 2.24) is 4.98 Å². The summed E-state index contributed by atoms with van der Waals surface area (Å²) in [6, 6.07) is 21.8. The lowest BCUT2D eigenvalue weighted by Crippen LogP contribution is -2.78. The van der Waals surface area contributed by atoms with E-state index in [1.165, 1.54) is 6.34 Å². The number of carbonyl (C=O) groups excluding carboxylic acids is 1. The molecule has 0 bridgehead atoms. The third-order valence-electron chi connectivity index (χ3n) is 3.84. The Labute approximate surface area is 161 Å². The lowest BCUT2D eigenvalue weighted by molar-refractivity contribution is -0.438. The van der Waals surface area contributed by atoms with Crippen LogP contribution in [0.3, 0.4) is 0 Å². The molecule has 8 nitrogen and oxygen atoms in total. The second-order valence-corrected chi connectivity index (χ2v) is 6.58. The molecule has 0 radical (unpaired) electrons. The molecule has 0 aliphatic carbocycles. The van der Waals surface area contributed by atoms with Gasteiger partial charge in [0, 0.05) is 11.1 Å². The minimum atomic E-state index is -4.92. The lowest BCUT2D eigenvalue weighted by Gasteiger charge is -2.13. The first-order valence-corrected chi connectivity index (χ1v) is 9.45. The molecule has 0 fully saturated rings. The molecular formula is C19H15N3O5S. The summed E-state index contributed by atoms with van der Waals surface area (Å²) < 4.78 is 32.8. The summed E-state index contributed by atoms with van der Waals surface area (Å²) in [4.78, 5) is 20.8. The molecule has 1 aliphatic heterocycles. The van der Waals surface area contributed by atoms with Crippen LogP contribution in [-0.2, 0) is 10.4 Å². The van der Waals surface area contributed by atoms with E-state index >= 15 is 0 Å². The van der Waals surface area contributed by atoms with E-state index < -0.39 is 10.4 Å². The number of carbonyl (C=O) groups is 1. The van der Waals surface area contributed by atoms with E-state index in [0.717, 1.165) is 22.4 Å². The number of nitrogens with zero attached hydrogens (tertiary/aromatic N) is 2. The van der Waals surface area contributed by atoms with Crippen LogP contribution in [0.4, 0.5) is 5.82 Å². The molecule has 1 amide bonds. The van der Waals surface area contributed by atoms with Crippen molar-refractivity contribution < 1.29 is 27.6 Å². The third-order valence-corrected chi connectivity index (χ3v) is 3.84. The highest BCUT2D eigenvalue weighted by Gasteiger charge is 2.25. The SMILES string of the molecule is O=C1N=C[NH2+]c2nc(-c3ccccc3)cc(-c3ccccc3)c21.O=S(=O)([O-])O. The molecule has 9 heteroatoms. The largest absolute Gasteiger partial charge is 0.726 e. The zero-order chi connectivity index (χ0) is 20.1. The quantitative estimate of drug-likeness (QED) is 0.500. The third kappa shape index (κ3) is 4.93. The molecular weight excluding hydrogens is 382 g/mol. The van der Waals surface area contributed by atoms with E-state index in [1.54, 1.807) is 5.32 Å². The summed E-state index contributed by atoms with van der Waals surface area (Å²) in [5.41, 5.74) is 4.30. The number of benzene rings is 2. The Balaban J connectivity index is 0.000000403. The van der Waals surface area contributed by atoms with Gasteiger partial charge < -0.3 is 4.55 Å². The molecule has 2 heterocycles. The summed E-state index contributed by atoms with van der Waals surface area (Å²) in [5, 5.41) is 1.79. The molecule has 0 saturated carbocycles. The first-order chi connectivity index (χ1) is 13.3. The average Bonchev–Trinajstić information content (AvgIpc) is 2.67. The number of hydrogen-bond acceptors (Lipinski definition) is 5. The van der Waals surface area contributed by atoms with Gasteiger partial charge in [0.1, 0.15) is 5.56 Å². The molecule has 0 unspecified atom stereocenters. The maximum absolute atomic E-state index is 12.3. The number of nitrogens with two attached hydrogens (primary N) is 1. The minimum Gasteiger partial charge on any atom is -0.726 e. The summed E-state index contributed by atoms with van der Waals surface area (Å²) in [5.74, 6) is 0.429. The fraction of sp³-hybridized carbons (Fsp3) is 0. The first kappa shape index (κ1) is 19.5. The van der Waals surface area contributed by atoms with Crippen molar-refractivity contribution >= 4 is 28.5 Å². The van der Waals surface area contributed by atoms with Crippen molar-refractivity contribution in [2.45, 2.75) is 0 Å². The van der Waals surface area contributed by atoms with Crippen LogP contribution >= 0.6 is 0 Å². The normalized spacial score (nSPS) is 12.7. The average molecular weight is 397 g/mol. The Kier molecular flexibility index (Phi) is 5.71. The smallest absolute Gasteiger partial charge is 0.290 e. The van der Waals surface area contributed by atoms with Crippen LogP contribution in [0, 0.1) is 0 Å². The van der Waals surface area contributed by atoms with Crippen molar-refractivity contribution in [3.8, 4) is 22.4 Å². The van der Waals surface area contributed by atoms with Gasteiger partial charge in [-0.25, -0.2) is 8.42 Å². The van der Waals surface area contributed by atoms with Crippen LogP contribution in [0.1, 0.15) is 10.4 Å². The number of pyridine rings is 1. The molecule has 3 N–H and O–H groups in total. The van der Waals surface area contributed by atoms with Gasteiger partial charge in [0.15, 0.2) is 6.34 Å². The van der Waals surface area contributed by atoms with Gasteiger partial charge in [0.05, 0.1) is 5.69 Å². The van der Waals surface area contributed by atoms with Gasteiger partial charge in [-0.05, 0) is 11.6 Å². The van der Waals surface area contributed by atoms with Crippen LogP contribution in [0.25, 0.3) is 22.4 Å². The summed E-state index contributed by atoms with van der Waals surface area (Å²) in [6.45, 7) is 0. The van der Waals surface area contributed by atoms with E-state index in [4.69, 9.17) is 17.5 Å². The lowest BCUT2D eigenvalue weighted by atomic mass is 9.97. The summed E-state index contributed by atoms with van der Waals surface area (Å²) in [6.07, 6.45) is 1.52. The fourth-order valence-electron chi connectivity index (χ4n) is 2.75. The summed E-state index contributed by atoms with van der Waals surface area (Å²) >= 11 is 0. The number of quaternary nitrogens is 1. The van der Waals surface area contributed by atoms with Crippen LogP contribution in [0.2, 0.25) is 0 Å². The van der Waals surface area contributed by atoms with Gasteiger partial charge in [0.25, 0.3) is 5.91 Å². The van der Waals surface area contributed by atoms with Crippen molar-refractivity contribution in [3.63, 3.8) is 0 Å². The van der Waals surface area contributed by atoms with Gasteiger partial charge in [-0.2, -0.15) is 9.98 Å². The van der Waals surface area contributed by atoms with Crippen molar-refractivity contribution in [1.29, 1.82) is 0 Å². The minimum absolute atomic E-state index is 0.242. The van der Waals surface area contributed by atoms with Crippen LogP contribution in [-0.4, -0.2) is 34.8 Å². The molecule has 1 aromatic heterocycles. The van der Waals surface area contributed by atoms with E-state index in [0.29, 0.717) is 11.4 Å². The highest BCUT2D eigenvalue weighted by atomic mass is 32.3. The van der Waals surface area contributed by atoms with E-state index in [9.17, 15) is 4.79 Å². The number of fused-ring (bicyclic) bond motifs is 1. The van der Waals surface area contributed by atoms with Gasteiger partial charge in [-0.1, -0.05) is 60.7 Å². The zero-order valence-corrected chi connectivity index (χ0v) is 15.2. The number of rotatable bonds is 2. The second-order valence-electron chi connectivity index (χ2n) is 5.73. The van der Waals surface area contributed by atoms with Gasteiger partial charge in [-0.3, -0.25) is 14.7 Å². The van der Waals surface area contributed by atoms with Crippen LogP contribution in [0.5, 0.6) is 0 Å². The Hall–Kier alpha value is -3.24. The number of aromatic nitrogens is 1. The molecule has 28 heavy (non-hydrogen) atoms. The Morgan fingerprint density at radius 1 is 0.929 bits per heavy atom. The van der Waals surface area contributed by atoms with Crippen LogP contribution in [0.15, 0.2) is 71.7 Å². The Morgan fingerprint density at radius 3 is 2.04 bits per heavy atom. The zero-order valence-electron chi connectivity index (χ0n) is 14.4. The number of aliphatic imine (C=N–C) groups is 1. The molecule has 1 aliphatic rings. The van der Waals surface area contributed by atoms with Crippen molar-refractivity contribution in [2.75, 3.05) is 0 Å². The molecule has 3 aromatic rings. The first-order valence-electron chi connectivity index (χ1n) is 8.09. The predicted octanol–water partition coefficient (Wildman–Crippen LogP) is 1.80. The van der Waals surface area contributed by atoms with Gasteiger partial charge in [-0.15, -0.1) is 0 Å². The second kappa shape index (κ2) is 8.19. The Morgan fingerprint density at radius 2 is 1.46 bits per heavy atom.